The Labute approximate surface area is 95.4 Å². The second-order valence-corrected chi connectivity index (χ2v) is 4.90. The van der Waals surface area contributed by atoms with Gasteiger partial charge in [0.15, 0.2) is 0 Å². The fraction of sp³-hybridized carbons (Fsp3) is 0.538. The number of para-hydroxylation sites is 1. The number of nitrogens with one attached hydrogen (secondary N) is 1. The van der Waals surface area contributed by atoms with E-state index < -0.39 is 0 Å². The highest BCUT2D eigenvalue weighted by molar-refractivity contribution is 5.71. The van der Waals surface area contributed by atoms with Crippen molar-refractivity contribution in [2.24, 2.45) is 0 Å². The number of rotatable bonds is 0. The number of fused-ring (bicyclic) bond motifs is 3. The van der Waals surface area contributed by atoms with Gasteiger partial charge in [0.1, 0.15) is 12.4 Å². The van der Waals surface area contributed by atoms with Crippen LogP contribution in [-0.2, 0) is 0 Å². The molecule has 1 aromatic rings. The van der Waals surface area contributed by atoms with E-state index >= 15 is 0 Å². The zero-order valence-electron chi connectivity index (χ0n) is 9.28. The third-order valence-corrected chi connectivity index (χ3v) is 4.15. The van der Waals surface area contributed by atoms with Crippen LogP contribution in [0.4, 0.5) is 5.69 Å². The molecule has 3 nitrogen and oxygen atoms in total. The van der Waals surface area contributed by atoms with Gasteiger partial charge in [0.25, 0.3) is 0 Å². The minimum atomic E-state index is 0.672. The highest BCUT2D eigenvalue weighted by atomic mass is 16.5. The van der Waals surface area contributed by atoms with Gasteiger partial charge in [0, 0.05) is 18.5 Å². The Kier molecular flexibility index (Phi) is 1.74. The van der Waals surface area contributed by atoms with Gasteiger partial charge in [-0.15, -0.1) is 0 Å². The molecule has 4 rings (SSSR count). The van der Waals surface area contributed by atoms with Gasteiger partial charge in [0.05, 0.1) is 12.2 Å². The average Bonchev–Trinajstić information content (AvgIpc) is 2.68. The molecule has 1 N–H and O–H groups in total. The number of piperidine rings is 1. The maximum Gasteiger partial charge on any atom is 0.142 e. The number of hydrogen-bond donors (Lipinski definition) is 1. The summed E-state index contributed by atoms with van der Waals surface area (Å²) in [4.78, 5) is 2.58. The largest absolute Gasteiger partial charge is 0.490 e. The first kappa shape index (κ1) is 8.88. The van der Waals surface area contributed by atoms with E-state index in [0.29, 0.717) is 12.0 Å². The van der Waals surface area contributed by atoms with Crippen molar-refractivity contribution in [2.45, 2.75) is 18.4 Å². The molecule has 1 fully saturated rings. The molecule has 0 aromatic heterocycles. The van der Waals surface area contributed by atoms with Crippen LogP contribution >= 0.6 is 0 Å². The summed E-state index contributed by atoms with van der Waals surface area (Å²) < 4.78 is 5.76. The van der Waals surface area contributed by atoms with Crippen LogP contribution in [0.1, 0.15) is 17.9 Å². The predicted octanol–water partition coefficient (Wildman–Crippen LogP) is 1.34. The SMILES string of the molecule is c1cc2c3c(c1)[C@@H]1CNCC[C@@H]1N3CCO2. The molecule has 0 radical (unpaired) electrons. The minimum absolute atomic E-state index is 0.672. The molecule has 0 saturated carbocycles. The lowest BCUT2D eigenvalue weighted by atomic mass is 9.90. The zero-order valence-corrected chi connectivity index (χ0v) is 9.28. The second-order valence-electron chi connectivity index (χ2n) is 4.90. The van der Waals surface area contributed by atoms with E-state index in [0.717, 1.165) is 32.0 Å². The maximum atomic E-state index is 5.76. The summed E-state index contributed by atoms with van der Waals surface area (Å²) in [7, 11) is 0. The van der Waals surface area contributed by atoms with Crippen LogP contribution < -0.4 is 15.0 Å². The first-order valence-electron chi connectivity index (χ1n) is 6.18. The van der Waals surface area contributed by atoms with Gasteiger partial charge in [-0.3, -0.25) is 0 Å². The average molecular weight is 216 g/mol. The van der Waals surface area contributed by atoms with E-state index in [2.05, 4.69) is 28.4 Å². The minimum Gasteiger partial charge on any atom is -0.490 e. The molecule has 1 aromatic carbocycles. The molecule has 3 heterocycles. The topological polar surface area (TPSA) is 24.5 Å². The zero-order chi connectivity index (χ0) is 10.5. The third-order valence-electron chi connectivity index (χ3n) is 4.15. The Morgan fingerprint density at radius 2 is 2.38 bits per heavy atom. The van der Waals surface area contributed by atoms with Crippen molar-refractivity contribution in [2.75, 3.05) is 31.1 Å². The molecule has 0 bridgehead atoms. The Bertz CT molecular complexity index is 432. The van der Waals surface area contributed by atoms with Crippen LogP contribution in [0.2, 0.25) is 0 Å². The summed E-state index contributed by atoms with van der Waals surface area (Å²) >= 11 is 0. The van der Waals surface area contributed by atoms with Crippen molar-refractivity contribution in [1.29, 1.82) is 0 Å². The summed E-state index contributed by atoms with van der Waals surface area (Å²) in [6.45, 7) is 4.18. The molecule has 0 spiro atoms. The van der Waals surface area contributed by atoms with E-state index in [-0.39, 0.29) is 0 Å². The fourth-order valence-corrected chi connectivity index (χ4v) is 3.49. The van der Waals surface area contributed by atoms with Crippen LogP contribution in [0.5, 0.6) is 5.75 Å². The summed E-state index contributed by atoms with van der Waals surface area (Å²) in [5.41, 5.74) is 2.88. The molecule has 1 saturated heterocycles. The summed E-state index contributed by atoms with van der Waals surface area (Å²) in [5, 5.41) is 3.51. The highest BCUT2D eigenvalue weighted by Gasteiger charge is 2.42. The van der Waals surface area contributed by atoms with E-state index in [1.54, 1.807) is 0 Å². The van der Waals surface area contributed by atoms with Crippen molar-refractivity contribution < 1.29 is 4.74 Å². The lowest BCUT2D eigenvalue weighted by molar-refractivity contribution is 0.295. The van der Waals surface area contributed by atoms with Crippen LogP contribution in [-0.4, -0.2) is 32.3 Å². The van der Waals surface area contributed by atoms with E-state index in [1.165, 1.54) is 17.7 Å². The maximum absolute atomic E-state index is 5.76. The predicted molar refractivity (Wildman–Crippen MR) is 63.3 cm³/mol. The van der Waals surface area contributed by atoms with Gasteiger partial charge in [-0.05, 0) is 24.6 Å². The molecular formula is C13H16N2O. The number of nitrogens with zero attached hydrogens (tertiary/aromatic N) is 1. The van der Waals surface area contributed by atoms with Crippen molar-refractivity contribution >= 4 is 5.69 Å². The molecule has 84 valence electrons. The normalized spacial score (nSPS) is 30.6. The van der Waals surface area contributed by atoms with Gasteiger partial charge in [-0.25, -0.2) is 0 Å². The molecule has 0 unspecified atom stereocenters. The van der Waals surface area contributed by atoms with E-state index in [9.17, 15) is 0 Å². The number of hydrogen-bond acceptors (Lipinski definition) is 3. The Balaban J connectivity index is 1.89. The Morgan fingerprint density at radius 3 is 3.38 bits per heavy atom. The van der Waals surface area contributed by atoms with Gasteiger partial charge < -0.3 is 15.0 Å². The van der Waals surface area contributed by atoms with Gasteiger partial charge >= 0.3 is 0 Å². The van der Waals surface area contributed by atoms with Crippen molar-refractivity contribution in [1.82, 2.24) is 5.32 Å². The highest BCUT2D eigenvalue weighted by Crippen LogP contribution is 2.49. The summed E-state index contributed by atoms with van der Waals surface area (Å²) in [5.74, 6) is 1.77. The van der Waals surface area contributed by atoms with E-state index in [1.807, 2.05) is 0 Å². The molecule has 3 aliphatic heterocycles. The van der Waals surface area contributed by atoms with Crippen LogP contribution in [0.25, 0.3) is 0 Å². The van der Waals surface area contributed by atoms with Crippen LogP contribution in [0.15, 0.2) is 18.2 Å². The van der Waals surface area contributed by atoms with Crippen LogP contribution in [0, 0.1) is 0 Å². The third kappa shape index (κ3) is 1.02. The molecule has 3 aliphatic rings. The van der Waals surface area contributed by atoms with Crippen molar-refractivity contribution in [3.63, 3.8) is 0 Å². The summed E-state index contributed by atoms with van der Waals surface area (Å²) in [6.07, 6.45) is 1.26. The van der Waals surface area contributed by atoms with Gasteiger partial charge in [-0.2, -0.15) is 0 Å². The monoisotopic (exact) mass is 216 g/mol. The van der Waals surface area contributed by atoms with E-state index in [4.69, 9.17) is 4.74 Å². The van der Waals surface area contributed by atoms with Gasteiger partial charge in [0.2, 0.25) is 0 Å². The number of benzene rings is 1. The van der Waals surface area contributed by atoms with Crippen LogP contribution in [0.3, 0.4) is 0 Å². The molecule has 16 heavy (non-hydrogen) atoms. The molecule has 3 heteroatoms. The first-order valence-corrected chi connectivity index (χ1v) is 6.18. The summed E-state index contributed by atoms with van der Waals surface area (Å²) in [6, 6.07) is 7.23. The Hall–Kier alpha value is -1.22. The quantitative estimate of drug-likeness (QED) is 0.708. The van der Waals surface area contributed by atoms with Crippen molar-refractivity contribution in [3.05, 3.63) is 23.8 Å². The molecule has 0 aliphatic carbocycles. The van der Waals surface area contributed by atoms with Gasteiger partial charge in [-0.1, -0.05) is 12.1 Å². The fourth-order valence-electron chi connectivity index (χ4n) is 3.49. The first-order chi connectivity index (χ1) is 7.95. The standard InChI is InChI=1S/C13H16N2O/c1-2-9-10-8-14-5-4-11(10)15-6-7-16-12(3-1)13(9)15/h1-3,10-11,14H,4-8H2/t10-,11-/m0/s1. The molecular weight excluding hydrogens is 200 g/mol. The molecule has 2 atom stereocenters. The second kappa shape index (κ2) is 3.14. The Morgan fingerprint density at radius 1 is 1.38 bits per heavy atom. The number of ether oxygens (including phenoxy) is 1. The molecule has 0 amide bonds. The van der Waals surface area contributed by atoms with Crippen molar-refractivity contribution in [3.8, 4) is 5.75 Å². The lowest BCUT2D eigenvalue weighted by Crippen LogP contribution is -2.46. The smallest absolute Gasteiger partial charge is 0.142 e. The number of anilines is 1. The lowest BCUT2D eigenvalue weighted by Gasteiger charge is -2.36.